The lowest BCUT2D eigenvalue weighted by molar-refractivity contribution is 0.207. The fourth-order valence-corrected chi connectivity index (χ4v) is 3.69. The first-order valence-corrected chi connectivity index (χ1v) is 10.1. The third kappa shape index (κ3) is 4.26. The number of rotatable bonds is 6. The number of hydrogen-bond acceptors (Lipinski definition) is 7. The summed E-state index contributed by atoms with van der Waals surface area (Å²) in [6.07, 6.45) is 6.32. The van der Waals surface area contributed by atoms with E-state index in [9.17, 15) is 0 Å². The summed E-state index contributed by atoms with van der Waals surface area (Å²) in [6.45, 7) is 4.19. The molecule has 0 amide bonds. The van der Waals surface area contributed by atoms with Gasteiger partial charge in [0.25, 0.3) is 0 Å². The Morgan fingerprint density at radius 3 is 2.63 bits per heavy atom. The Hall–Kier alpha value is -3.44. The number of H-pyrrole nitrogens is 1. The molecule has 2 heterocycles. The van der Waals surface area contributed by atoms with Gasteiger partial charge in [-0.2, -0.15) is 10.4 Å². The molecule has 0 spiro atoms. The maximum absolute atomic E-state index is 8.84. The van der Waals surface area contributed by atoms with E-state index in [0.29, 0.717) is 17.7 Å². The van der Waals surface area contributed by atoms with E-state index < -0.39 is 0 Å². The second-order valence-corrected chi connectivity index (χ2v) is 7.66. The highest BCUT2D eigenvalue weighted by Crippen LogP contribution is 2.35. The molecule has 3 aromatic rings. The second kappa shape index (κ2) is 8.51. The number of hydrogen-bond donors (Lipinski definition) is 3. The zero-order chi connectivity index (χ0) is 21.1. The third-order valence-electron chi connectivity index (χ3n) is 5.57. The van der Waals surface area contributed by atoms with Gasteiger partial charge in [0.05, 0.1) is 18.1 Å². The Labute approximate surface area is 175 Å². The van der Waals surface area contributed by atoms with Crippen LogP contribution in [0.1, 0.15) is 36.1 Å². The first-order chi connectivity index (χ1) is 14.6. The van der Waals surface area contributed by atoms with Crippen LogP contribution in [0.2, 0.25) is 0 Å². The molecule has 0 aliphatic heterocycles. The zero-order valence-corrected chi connectivity index (χ0v) is 17.4. The van der Waals surface area contributed by atoms with Crippen molar-refractivity contribution in [1.29, 1.82) is 5.26 Å². The predicted octanol–water partition coefficient (Wildman–Crippen LogP) is 3.62. The molecule has 0 unspecified atom stereocenters. The summed E-state index contributed by atoms with van der Waals surface area (Å²) in [7, 11) is 2.01. The van der Waals surface area contributed by atoms with E-state index in [1.165, 1.54) is 23.5 Å². The molecule has 1 saturated carbocycles. The van der Waals surface area contributed by atoms with E-state index in [-0.39, 0.29) is 11.8 Å². The Balaban J connectivity index is 1.57. The van der Waals surface area contributed by atoms with Crippen molar-refractivity contribution in [3.63, 3.8) is 0 Å². The van der Waals surface area contributed by atoms with Crippen LogP contribution in [-0.4, -0.2) is 39.4 Å². The number of nitrogens with one attached hydrogen (secondary N) is 3. The first-order valence-electron chi connectivity index (χ1n) is 10.1. The SMILES string of the molecule is CN[C@@H]1CC[C@@H](Oc2cc(C)c(C)cc2-c2cc(Nc3cnc(C#N)cn3)n[nH]2)C1. The Kier molecular flexibility index (Phi) is 5.63. The van der Waals surface area contributed by atoms with Crippen LogP contribution in [0.25, 0.3) is 11.3 Å². The van der Waals surface area contributed by atoms with Gasteiger partial charge in [-0.05, 0) is 63.4 Å². The minimum atomic E-state index is 0.206. The van der Waals surface area contributed by atoms with Crippen molar-refractivity contribution in [2.24, 2.45) is 0 Å². The van der Waals surface area contributed by atoms with Gasteiger partial charge in [0.2, 0.25) is 0 Å². The fraction of sp³-hybridized carbons (Fsp3) is 0.364. The second-order valence-electron chi connectivity index (χ2n) is 7.66. The van der Waals surface area contributed by atoms with Gasteiger partial charge >= 0.3 is 0 Å². The number of anilines is 2. The number of ether oxygens (including phenoxy) is 1. The van der Waals surface area contributed by atoms with E-state index >= 15 is 0 Å². The van der Waals surface area contributed by atoms with Gasteiger partial charge in [0.1, 0.15) is 23.7 Å². The van der Waals surface area contributed by atoms with Crippen LogP contribution in [0.15, 0.2) is 30.6 Å². The van der Waals surface area contributed by atoms with Crippen LogP contribution < -0.4 is 15.4 Å². The van der Waals surface area contributed by atoms with E-state index in [0.717, 1.165) is 36.3 Å². The van der Waals surface area contributed by atoms with E-state index in [1.807, 2.05) is 19.2 Å². The van der Waals surface area contributed by atoms with Gasteiger partial charge in [-0.15, -0.1) is 0 Å². The van der Waals surface area contributed by atoms with Crippen molar-refractivity contribution in [3.05, 3.63) is 47.4 Å². The maximum Gasteiger partial charge on any atom is 0.158 e. The summed E-state index contributed by atoms with van der Waals surface area (Å²) in [5.41, 5.74) is 4.51. The van der Waals surface area contributed by atoms with Gasteiger partial charge in [-0.25, -0.2) is 9.97 Å². The lowest BCUT2D eigenvalue weighted by Gasteiger charge is -2.18. The summed E-state index contributed by atoms with van der Waals surface area (Å²) < 4.78 is 6.42. The van der Waals surface area contributed by atoms with E-state index in [2.05, 4.69) is 56.8 Å². The molecule has 0 radical (unpaired) electrons. The predicted molar refractivity (Wildman–Crippen MR) is 115 cm³/mol. The number of nitriles is 1. The van der Waals surface area contributed by atoms with Crippen LogP contribution in [0.5, 0.6) is 5.75 Å². The zero-order valence-electron chi connectivity index (χ0n) is 17.4. The summed E-state index contributed by atoms with van der Waals surface area (Å²) in [4.78, 5) is 8.19. The average molecular weight is 403 g/mol. The van der Waals surface area contributed by atoms with Crippen molar-refractivity contribution in [1.82, 2.24) is 25.5 Å². The van der Waals surface area contributed by atoms with Gasteiger partial charge in [-0.1, -0.05) is 0 Å². The molecule has 30 heavy (non-hydrogen) atoms. The van der Waals surface area contributed by atoms with Gasteiger partial charge < -0.3 is 15.4 Å². The molecule has 1 fully saturated rings. The highest BCUT2D eigenvalue weighted by atomic mass is 16.5. The lowest BCUT2D eigenvalue weighted by atomic mass is 10.0. The molecule has 8 heteroatoms. The van der Waals surface area contributed by atoms with E-state index in [4.69, 9.17) is 10.00 Å². The molecule has 1 aliphatic rings. The normalized spacial score (nSPS) is 18.2. The van der Waals surface area contributed by atoms with Gasteiger partial charge in [0, 0.05) is 17.7 Å². The Morgan fingerprint density at radius 2 is 1.93 bits per heavy atom. The fourth-order valence-electron chi connectivity index (χ4n) is 3.69. The molecule has 0 saturated heterocycles. The van der Waals surface area contributed by atoms with Crippen molar-refractivity contribution in [3.8, 4) is 23.1 Å². The molecule has 3 N–H and O–H groups in total. The highest BCUT2D eigenvalue weighted by molar-refractivity contribution is 5.72. The highest BCUT2D eigenvalue weighted by Gasteiger charge is 2.26. The molecule has 4 rings (SSSR count). The number of nitrogens with zero attached hydrogens (tertiary/aromatic N) is 4. The van der Waals surface area contributed by atoms with Crippen LogP contribution >= 0.6 is 0 Å². The van der Waals surface area contributed by atoms with Crippen LogP contribution in [-0.2, 0) is 0 Å². The van der Waals surface area contributed by atoms with Crippen molar-refractivity contribution < 1.29 is 4.74 Å². The molecule has 2 atom stereocenters. The molecule has 2 aromatic heterocycles. The topological polar surface area (TPSA) is 112 Å². The lowest BCUT2D eigenvalue weighted by Crippen LogP contribution is -2.23. The summed E-state index contributed by atoms with van der Waals surface area (Å²) in [6, 6.07) is 8.63. The minimum absolute atomic E-state index is 0.206. The quantitative estimate of drug-likeness (QED) is 0.576. The Morgan fingerprint density at radius 1 is 1.10 bits per heavy atom. The molecule has 8 nitrogen and oxygen atoms in total. The number of aromatic amines is 1. The van der Waals surface area contributed by atoms with Crippen LogP contribution in [0, 0.1) is 25.2 Å². The average Bonchev–Trinajstić information content (AvgIpc) is 3.40. The largest absolute Gasteiger partial charge is 0.490 e. The standard InChI is InChI=1S/C22H25N7O/c1-13-6-18(20(7-14(13)2)30-17-5-4-15(8-17)24-3)19-9-21(29-28-19)27-22-12-25-16(10-23)11-26-22/h6-7,9,11-12,15,17,24H,4-5,8H2,1-3H3,(H2,26,27,28,29)/t15-,17-/m1/s1. The Bertz CT molecular complexity index is 1070. The first kappa shape index (κ1) is 19.9. The number of aryl methyl sites for hydroxylation is 2. The molecule has 1 aliphatic carbocycles. The van der Waals surface area contributed by atoms with Crippen molar-refractivity contribution in [2.45, 2.75) is 45.3 Å². The maximum atomic E-state index is 8.84. The van der Waals surface area contributed by atoms with Gasteiger partial charge in [-0.3, -0.25) is 5.10 Å². The summed E-state index contributed by atoms with van der Waals surface area (Å²) in [5.74, 6) is 2.00. The minimum Gasteiger partial charge on any atom is -0.490 e. The van der Waals surface area contributed by atoms with Crippen LogP contribution in [0.4, 0.5) is 11.6 Å². The van der Waals surface area contributed by atoms with Crippen molar-refractivity contribution >= 4 is 11.6 Å². The molecular weight excluding hydrogens is 378 g/mol. The van der Waals surface area contributed by atoms with E-state index in [1.54, 1.807) is 0 Å². The monoisotopic (exact) mass is 403 g/mol. The third-order valence-corrected chi connectivity index (χ3v) is 5.57. The van der Waals surface area contributed by atoms with Gasteiger partial charge in [0.15, 0.2) is 11.5 Å². The van der Waals surface area contributed by atoms with Crippen molar-refractivity contribution in [2.75, 3.05) is 12.4 Å². The summed E-state index contributed by atoms with van der Waals surface area (Å²) >= 11 is 0. The molecule has 0 bridgehead atoms. The number of aromatic nitrogens is 4. The molecule has 154 valence electrons. The summed E-state index contributed by atoms with van der Waals surface area (Å²) in [5, 5.41) is 22.7. The number of benzene rings is 1. The molecular formula is C22H25N7O. The smallest absolute Gasteiger partial charge is 0.158 e. The van der Waals surface area contributed by atoms with Crippen LogP contribution in [0.3, 0.4) is 0 Å². The molecule has 1 aromatic carbocycles.